The summed E-state index contributed by atoms with van der Waals surface area (Å²) in [5, 5.41) is 3.65. The van der Waals surface area contributed by atoms with Gasteiger partial charge in [-0.2, -0.15) is 0 Å². The number of halogens is 1. The Morgan fingerprint density at radius 3 is 2.80 bits per heavy atom. The monoisotopic (exact) mass is 364 g/mol. The van der Waals surface area contributed by atoms with E-state index in [4.69, 9.17) is 20.8 Å². The Balaban J connectivity index is 1.70. The molecule has 1 atom stereocenters. The quantitative estimate of drug-likeness (QED) is 0.687. The Hall–Kier alpha value is -1.98. The van der Waals surface area contributed by atoms with Gasteiger partial charge in [0, 0.05) is 18.0 Å². The second kappa shape index (κ2) is 9.49. The van der Waals surface area contributed by atoms with Crippen LogP contribution in [0.3, 0.4) is 0 Å². The predicted octanol–water partition coefficient (Wildman–Crippen LogP) is 3.82. The predicted molar refractivity (Wildman–Crippen MR) is 99.1 cm³/mol. The number of carbonyl (C=O) groups is 1. The average molecular weight is 365 g/mol. The summed E-state index contributed by atoms with van der Waals surface area (Å²) in [5.41, 5.74) is 0.990. The van der Waals surface area contributed by atoms with E-state index in [1.807, 2.05) is 50.2 Å². The Morgan fingerprint density at radius 1 is 1.36 bits per heavy atom. The summed E-state index contributed by atoms with van der Waals surface area (Å²) in [6, 6.07) is 9.30. The summed E-state index contributed by atoms with van der Waals surface area (Å²) >= 11 is 5.92. The highest BCUT2D eigenvalue weighted by atomic mass is 35.5. The molecule has 1 N–H and O–H groups in total. The molecule has 0 aliphatic carbocycles. The number of nitrogens with one attached hydrogen (secondary N) is 1. The zero-order chi connectivity index (χ0) is 18.2. The molecule has 0 aliphatic heterocycles. The van der Waals surface area contributed by atoms with Crippen molar-refractivity contribution < 1.29 is 13.9 Å². The Morgan fingerprint density at radius 2 is 2.16 bits per heavy atom. The maximum atomic E-state index is 12.0. The van der Waals surface area contributed by atoms with E-state index in [-0.39, 0.29) is 11.9 Å². The van der Waals surface area contributed by atoms with Crippen molar-refractivity contribution in [2.45, 2.75) is 25.8 Å². The normalized spacial score (nSPS) is 12.2. The van der Waals surface area contributed by atoms with Crippen molar-refractivity contribution in [1.82, 2.24) is 10.2 Å². The number of aryl methyl sites for hydroxylation is 1. The maximum absolute atomic E-state index is 12.0. The van der Waals surface area contributed by atoms with E-state index in [0.29, 0.717) is 31.0 Å². The molecule has 25 heavy (non-hydrogen) atoms. The fourth-order valence-electron chi connectivity index (χ4n) is 2.51. The average Bonchev–Trinajstić information content (AvgIpc) is 3.07. The van der Waals surface area contributed by atoms with Gasteiger partial charge in [-0.3, -0.25) is 9.69 Å². The van der Waals surface area contributed by atoms with Crippen LogP contribution < -0.4 is 10.1 Å². The lowest BCUT2D eigenvalue weighted by Gasteiger charge is -2.22. The second-order valence-corrected chi connectivity index (χ2v) is 6.60. The molecule has 0 radical (unpaired) electrons. The van der Waals surface area contributed by atoms with Crippen LogP contribution >= 0.6 is 11.6 Å². The summed E-state index contributed by atoms with van der Waals surface area (Å²) in [4.78, 5) is 14.0. The lowest BCUT2D eigenvalue weighted by atomic mass is 10.2. The van der Waals surface area contributed by atoms with E-state index in [1.165, 1.54) is 0 Å². The number of hydrogen-bond donors (Lipinski definition) is 1. The molecule has 0 unspecified atom stereocenters. The SMILES string of the molecule is Cc1cc(Cl)ccc1OCCCC(=O)NC[C@H](c1ccco1)N(C)C. The molecule has 1 aromatic carbocycles. The Kier molecular flexibility index (Phi) is 7.34. The number of furan rings is 1. The molecule has 0 saturated heterocycles. The highest BCUT2D eigenvalue weighted by Crippen LogP contribution is 2.22. The van der Waals surface area contributed by atoms with E-state index >= 15 is 0 Å². The van der Waals surface area contributed by atoms with E-state index < -0.39 is 0 Å². The fraction of sp³-hybridized carbons (Fsp3) is 0.421. The van der Waals surface area contributed by atoms with Crippen molar-refractivity contribution in [2.24, 2.45) is 0 Å². The second-order valence-electron chi connectivity index (χ2n) is 6.16. The molecule has 0 bridgehead atoms. The van der Waals surface area contributed by atoms with Gasteiger partial charge in [-0.05, 0) is 63.3 Å². The van der Waals surface area contributed by atoms with Crippen LogP contribution in [0.2, 0.25) is 5.02 Å². The van der Waals surface area contributed by atoms with E-state index in [1.54, 1.807) is 12.3 Å². The molecule has 1 amide bonds. The summed E-state index contributed by atoms with van der Waals surface area (Å²) in [5.74, 6) is 1.65. The Bertz CT molecular complexity index is 671. The van der Waals surface area contributed by atoms with Gasteiger partial charge in [0.1, 0.15) is 11.5 Å². The van der Waals surface area contributed by atoms with Crippen LogP contribution in [0.25, 0.3) is 0 Å². The molecule has 6 heteroatoms. The molecule has 1 aromatic heterocycles. The minimum absolute atomic E-state index is 0.00911. The first kappa shape index (κ1) is 19.3. The number of carbonyl (C=O) groups excluding carboxylic acids is 1. The van der Waals surface area contributed by atoms with Gasteiger partial charge in [0.15, 0.2) is 0 Å². The minimum atomic E-state index is 0.00911. The van der Waals surface area contributed by atoms with E-state index in [9.17, 15) is 4.79 Å². The number of ether oxygens (including phenoxy) is 1. The topological polar surface area (TPSA) is 54.7 Å². The van der Waals surface area contributed by atoms with Crippen LogP contribution in [0.15, 0.2) is 41.0 Å². The minimum Gasteiger partial charge on any atom is -0.493 e. The van der Waals surface area contributed by atoms with Crippen molar-refractivity contribution >= 4 is 17.5 Å². The zero-order valence-corrected chi connectivity index (χ0v) is 15.7. The van der Waals surface area contributed by atoms with Crippen molar-refractivity contribution in [2.75, 3.05) is 27.2 Å². The largest absolute Gasteiger partial charge is 0.493 e. The molecule has 136 valence electrons. The maximum Gasteiger partial charge on any atom is 0.220 e. The summed E-state index contributed by atoms with van der Waals surface area (Å²) in [6.07, 6.45) is 2.72. The van der Waals surface area contributed by atoms with Gasteiger partial charge in [-0.1, -0.05) is 11.6 Å². The van der Waals surface area contributed by atoms with Gasteiger partial charge in [-0.15, -0.1) is 0 Å². The molecule has 1 heterocycles. The smallest absolute Gasteiger partial charge is 0.220 e. The molecular weight excluding hydrogens is 340 g/mol. The van der Waals surface area contributed by atoms with E-state index in [0.717, 1.165) is 17.1 Å². The lowest BCUT2D eigenvalue weighted by molar-refractivity contribution is -0.121. The molecule has 0 saturated carbocycles. The third-order valence-electron chi connectivity index (χ3n) is 3.93. The van der Waals surface area contributed by atoms with Gasteiger partial charge in [0.05, 0.1) is 18.9 Å². The Labute approximate surface area is 153 Å². The standard InChI is InChI=1S/C19H25ClN2O3/c1-14-12-15(20)8-9-17(14)24-11-5-7-19(23)21-13-16(22(2)3)18-6-4-10-25-18/h4,6,8-10,12,16H,5,7,11,13H2,1-3H3,(H,21,23)/t16-/m1/s1. The van der Waals surface area contributed by atoms with Crippen LogP contribution in [0.4, 0.5) is 0 Å². The number of rotatable bonds is 9. The molecular formula is C19H25ClN2O3. The van der Waals surface area contributed by atoms with Gasteiger partial charge < -0.3 is 14.5 Å². The lowest BCUT2D eigenvalue weighted by Crippen LogP contribution is -2.34. The molecule has 5 nitrogen and oxygen atoms in total. The third-order valence-corrected chi connectivity index (χ3v) is 4.17. The number of amides is 1. The van der Waals surface area contributed by atoms with Crippen molar-refractivity contribution in [3.05, 3.63) is 52.9 Å². The first-order valence-corrected chi connectivity index (χ1v) is 8.70. The highest BCUT2D eigenvalue weighted by molar-refractivity contribution is 6.30. The van der Waals surface area contributed by atoms with Crippen molar-refractivity contribution in [3.63, 3.8) is 0 Å². The first-order chi connectivity index (χ1) is 12.0. The van der Waals surface area contributed by atoms with Crippen molar-refractivity contribution in [3.8, 4) is 5.75 Å². The molecule has 0 spiro atoms. The first-order valence-electron chi connectivity index (χ1n) is 8.33. The van der Waals surface area contributed by atoms with Crippen LogP contribution in [0.1, 0.15) is 30.2 Å². The summed E-state index contributed by atoms with van der Waals surface area (Å²) in [7, 11) is 3.92. The number of hydrogen-bond acceptors (Lipinski definition) is 4. The van der Waals surface area contributed by atoms with Crippen LogP contribution in [-0.2, 0) is 4.79 Å². The van der Waals surface area contributed by atoms with Crippen LogP contribution in [0.5, 0.6) is 5.75 Å². The third kappa shape index (κ3) is 6.11. The molecule has 2 aromatic rings. The number of nitrogens with zero attached hydrogens (tertiary/aromatic N) is 1. The van der Waals surface area contributed by atoms with Gasteiger partial charge in [-0.25, -0.2) is 0 Å². The summed E-state index contributed by atoms with van der Waals surface area (Å²) < 4.78 is 11.1. The van der Waals surface area contributed by atoms with Crippen LogP contribution in [-0.4, -0.2) is 38.1 Å². The zero-order valence-electron chi connectivity index (χ0n) is 14.9. The van der Waals surface area contributed by atoms with Gasteiger partial charge in [0.25, 0.3) is 0 Å². The van der Waals surface area contributed by atoms with Gasteiger partial charge in [0.2, 0.25) is 5.91 Å². The molecule has 0 fully saturated rings. The number of likely N-dealkylation sites (N-methyl/N-ethyl adjacent to an activating group) is 1. The number of benzene rings is 1. The fourth-order valence-corrected chi connectivity index (χ4v) is 2.73. The molecule has 0 aliphatic rings. The van der Waals surface area contributed by atoms with E-state index in [2.05, 4.69) is 5.32 Å². The van der Waals surface area contributed by atoms with Gasteiger partial charge >= 0.3 is 0 Å². The van der Waals surface area contributed by atoms with Crippen molar-refractivity contribution in [1.29, 1.82) is 0 Å². The van der Waals surface area contributed by atoms with Crippen LogP contribution in [0, 0.1) is 6.92 Å². The highest BCUT2D eigenvalue weighted by Gasteiger charge is 2.17. The summed E-state index contributed by atoms with van der Waals surface area (Å²) in [6.45, 7) is 2.95. The molecule has 2 rings (SSSR count).